The molecule has 2 aromatic rings. The van der Waals surface area contributed by atoms with Crippen molar-refractivity contribution >= 4 is 18.0 Å². The number of carbonyl (C=O) groups excluding carboxylic acids is 2. The minimum atomic E-state index is -0.989. The number of alkyl carbamates (subject to hydrolysis) is 1. The number of carboxylic acid groups (broad SMARTS) is 1. The molecule has 0 spiro atoms. The molecule has 0 saturated heterocycles. The summed E-state index contributed by atoms with van der Waals surface area (Å²) < 4.78 is 10.6. The molecule has 8 nitrogen and oxygen atoms in total. The Morgan fingerprint density at radius 3 is 2.21 bits per heavy atom. The van der Waals surface area contributed by atoms with Crippen LogP contribution in [0.3, 0.4) is 0 Å². The van der Waals surface area contributed by atoms with Crippen molar-refractivity contribution in [3.05, 3.63) is 59.7 Å². The van der Waals surface area contributed by atoms with Gasteiger partial charge >= 0.3 is 12.1 Å². The summed E-state index contributed by atoms with van der Waals surface area (Å²) in [4.78, 5) is 35.1. The summed E-state index contributed by atoms with van der Waals surface area (Å²) in [6.07, 6.45) is -0.675. The van der Waals surface area contributed by atoms with Crippen molar-refractivity contribution in [3.63, 3.8) is 0 Å². The Kier molecular flexibility index (Phi) is 8.43. The molecule has 0 fully saturated rings. The summed E-state index contributed by atoms with van der Waals surface area (Å²) in [5.74, 6) is -1.23. The van der Waals surface area contributed by atoms with E-state index in [9.17, 15) is 14.4 Å². The Morgan fingerprint density at radius 1 is 1.03 bits per heavy atom. The van der Waals surface area contributed by atoms with Crippen LogP contribution in [0.15, 0.2) is 48.5 Å². The van der Waals surface area contributed by atoms with Gasteiger partial charge in [-0.1, -0.05) is 48.5 Å². The zero-order chi connectivity index (χ0) is 23.8. The molecule has 2 atom stereocenters. The zero-order valence-corrected chi connectivity index (χ0v) is 18.9. The van der Waals surface area contributed by atoms with E-state index in [1.807, 2.05) is 24.3 Å². The largest absolute Gasteiger partial charge is 0.481 e. The molecule has 176 valence electrons. The van der Waals surface area contributed by atoms with Crippen LogP contribution in [0, 0.1) is 0 Å². The fraction of sp³-hybridized carbons (Fsp3) is 0.400. The van der Waals surface area contributed by atoms with Gasteiger partial charge in [0.15, 0.2) is 0 Å². The molecule has 0 radical (unpaired) electrons. The van der Waals surface area contributed by atoms with Crippen molar-refractivity contribution in [2.75, 3.05) is 20.3 Å². The Hall–Kier alpha value is -3.39. The number of fused-ring (bicyclic) bond motifs is 3. The number of hydrogen-bond acceptors (Lipinski definition) is 5. The fourth-order valence-electron chi connectivity index (χ4n) is 4.01. The lowest BCUT2D eigenvalue weighted by atomic mass is 9.98. The van der Waals surface area contributed by atoms with Gasteiger partial charge in [0.1, 0.15) is 6.61 Å². The quantitative estimate of drug-likeness (QED) is 0.480. The molecule has 3 N–H and O–H groups in total. The highest BCUT2D eigenvalue weighted by Gasteiger charge is 2.29. The molecular formula is C25H30N2O6. The lowest BCUT2D eigenvalue weighted by Crippen LogP contribution is -2.37. The number of aliphatic carboxylic acids is 1. The number of rotatable bonds is 11. The van der Waals surface area contributed by atoms with Gasteiger partial charge in [0.05, 0.1) is 12.5 Å². The maximum atomic E-state index is 12.3. The number of ether oxygens (including phenoxy) is 2. The van der Waals surface area contributed by atoms with E-state index < -0.39 is 18.2 Å². The number of benzene rings is 2. The lowest BCUT2D eigenvalue weighted by Gasteiger charge is -2.17. The average Bonchev–Trinajstić information content (AvgIpc) is 3.12. The number of amides is 2. The highest BCUT2D eigenvalue weighted by atomic mass is 16.5. The zero-order valence-electron chi connectivity index (χ0n) is 18.9. The third-order valence-electron chi connectivity index (χ3n) is 5.77. The molecule has 2 amide bonds. The van der Waals surface area contributed by atoms with E-state index in [2.05, 4.69) is 34.9 Å². The van der Waals surface area contributed by atoms with Crippen LogP contribution in [-0.2, 0) is 19.1 Å². The van der Waals surface area contributed by atoms with Crippen LogP contribution >= 0.6 is 0 Å². The minimum Gasteiger partial charge on any atom is -0.481 e. The van der Waals surface area contributed by atoms with E-state index in [1.165, 1.54) is 18.2 Å². The van der Waals surface area contributed by atoms with Gasteiger partial charge in [0, 0.05) is 32.0 Å². The molecule has 0 heterocycles. The molecule has 2 aromatic carbocycles. The molecule has 0 aliphatic heterocycles. The second-order valence-corrected chi connectivity index (χ2v) is 8.17. The second kappa shape index (κ2) is 11.5. The van der Waals surface area contributed by atoms with E-state index >= 15 is 0 Å². The molecular weight excluding hydrogens is 424 g/mol. The minimum absolute atomic E-state index is 0.0104. The first kappa shape index (κ1) is 24.3. The van der Waals surface area contributed by atoms with Crippen LogP contribution < -0.4 is 10.6 Å². The highest BCUT2D eigenvalue weighted by molar-refractivity contribution is 5.79. The van der Waals surface area contributed by atoms with Crippen LogP contribution in [0.25, 0.3) is 11.1 Å². The monoisotopic (exact) mass is 454 g/mol. The van der Waals surface area contributed by atoms with E-state index in [4.69, 9.17) is 14.6 Å². The van der Waals surface area contributed by atoms with Gasteiger partial charge in [0.25, 0.3) is 0 Å². The van der Waals surface area contributed by atoms with Crippen LogP contribution in [0.4, 0.5) is 4.79 Å². The third-order valence-corrected chi connectivity index (χ3v) is 5.77. The number of hydrogen-bond donors (Lipinski definition) is 3. The summed E-state index contributed by atoms with van der Waals surface area (Å²) in [5, 5.41) is 14.2. The maximum Gasteiger partial charge on any atom is 0.407 e. The third kappa shape index (κ3) is 6.55. The van der Waals surface area contributed by atoms with Crippen molar-refractivity contribution in [1.82, 2.24) is 10.6 Å². The number of methoxy groups -OCH3 is 1. The summed E-state index contributed by atoms with van der Waals surface area (Å²) in [7, 11) is 1.40. The summed E-state index contributed by atoms with van der Waals surface area (Å²) in [6.45, 7) is 2.15. The maximum absolute atomic E-state index is 12.3. The molecule has 0 saturated carbocycles. The number of carbonyl (C=O) groups is 3. The standard InChI is InChI=1S/C25H30N2O6/c1-16(11-12-23(28)26-14-17(32-2)13-24(29)30)27-25(31)33-15-22-20-9-5-3-7-18(20)19-8-4-6-10-21(19)22/h3-10,16-17,22H,11-15H2,1-2H3,(H,26,28)(H,27,31)(H,29,30). The van der Waals surface area contributed by atoms with Gasteiger partial charge in [0.2, 0.25) is 5.91 Å². The predicted molar refractivity (Wildman–Crippen MR) is 123 cm³/mol. The summed E-state index contributed by atoms with van der Waals surface area (Å²) in [5.41, 5.74) is 4.63. The second-order valence-electron chi connectivity index (χ2n) is 8.17. The highest BCUT2D eigenvalue weighted by Crippen LogP contribution is 2.44. The normalized spacial score (nSPS) is 14.0. The molecule has 0 aromatic heterocycles. The van der Waals surface area contributed by atoms with Crippen molar-refractivity contribution in [1.29, 1.82) is 0 Å². The fourth-order valence-corrected chi connectivity index (χ4v) is 4.01. The molecule has 8 heteroatoms. The van der Waals surface area contributed by atoms with Crippen molar-refractivity contribution in [2.45, 2.75) is 44.2 Å². The smallest absolute Gasteiger partial charge is 0.407 e. The van der Waals surface area contributed by atoms with E-state index in [0.717, 1.165) is 11.1 Å². The molecule has 33 heavy (non-hydrogen) atoms. The number of carboxylic acids is 1. The van der Waals surface area contributed by atoms with Crippen molar-refractivity contribution in [2.24, 2.45) is 0 Å². The summed E-state index contributed by atoms with van der Waals surface area (Å²) in [6, 6.07) is 16.0. The van der Waals surface area contributed by atoms with Crippen LogP contribution in [0.5, 0.6) is 0 Å². The molecule has 1 aliphatic rings. The first-order valence-electron chi connectivity index (χ1n) is 11.0. The van der Waals surface area contributed by atoms with Gasteiger partial charge in [-0.15, -0.1) is 0 Å². The van der Waals surface area contributed by atoms with Crippen LogP contribution in [0.1, 0.15) is 43.2 Å². The first-order chi connectivity index (χ1) is 15.9. The first-order valence-corrected chi connectivity index (χ1v) is 11.0. The van der Waals surface area contributed by atoms with Gasteiger partial charge in [-0.05, 0) is 35.6 Å². The van der Waals surface area contributed by atoms with E-state index in [-0.39, 0.29) is 43.9 Å². The number of nitrogens with one attached hydrogen (secondary N) is 2. The Balaban J connectivity index is 1.42. The Morgan fingerprint density at radius 2 is 1.64 bits per heavy atom. The summed E-state index contributed by atoms with van der Waals surface area (Å²) >= 11 is 0. The van der Waals surface area contributed by atoms with Crippen molar-refractivity contribution in [3.8, 4) is 11.1 Å². The van der Waals surface area contributed by atoms with Crippen LogP contribution in [0.2, 0.25) is 0 Å². The Labute approximate surface area is 193 Å². The van der Waals surface area contributed by atoms with Gasteiger partial charge in [-0.3, -0.25) is 9.59 Å². The van der Waals surface area contributed by atoms with Gasteiger partial charge in [-0.2, -0.15) is 0 Å². The SMILES string of the molecule is COC(CNC(=O)CCC(C)NC(=O)OCC1c2ccccc2-c2ccccc21)CC(=O)O. The molecule has 0 bridgehead atoms. The average molecular weight is 455 g/mol. The van der Waals surface area contributed by atoms with Crippen molar-refractivity contribution < 1.29 is 29.0 Å². The molecule has 1 aliphatic carbocycles. The Bertz CT molecular complexity index is 947. The lowest BCUT2D eigenvalue weighted by molar-refractivity contribution is -0.140. The van der Waals surface area contributed by atoms with E-state index in [0.29, 0.717) is 6.42 Å². The molecule has 3 rings (SSSR count). The van der Waals surface area contributed by atoms with Gasteiger partial charge < -0.3 is 25.2 Å². The van der Waals surface area contributed by atoms with Crippen LogP contribution in [-0.4, -0.2) is 55.5 Å². The topological polar surface area (TPSA) is 114 Å². The van der Waals surface area contributed by atoms with E-state index in [1.54, 1.807) is 6.92 Å². The van der Waals surface area contributed by atoms with Gasteiger partial charge in [-0.25, -0.2) is 4.79 Å². The molecule has 2 unspecified atom stereocenters. The predicted octanol–water partition coefficient (Wildman–Crippen LogP) is 3.30.